The number of tetrazole rings is 1. The molecule has 1 aromatic rings. The van der Waals surface area contributed by atoms with E-state index in [2.05, 4.69) is 62.4 Å². The molecule has 17 heavy (non-hydrogen) atoms. The second kappa shape index (κ2) is 3.77. The van der Waals surface area contributed by atoms with Crippen LogP contribution < -0.4 is 5.32 Å². The minimum atomic E-state index is 0.196. The molecule has 5 nitrogen and oxygen atoms in total. The summed E-state index contributed by atoms with van der Waals surface area (Å²) in [7, 11) is 0. The van der Waals surface area contributed by atoms with Crippen molar-refractivity contribution < 1.29 is 0 Å². The number of rotatable bonds is 4. The maximum Gasteiger partial charge on any atom is 0.168 e. The van der Waals surface area contributed by atoms with Gasteiger partial charge in [0.1, 0.15) is 0 Å². The SMILES string of the molecule is CCNC(C)c1nnnn1C1C(C)(C)C1(C)C. The van der Waals surface area contributed by atoms with E-state index in [4.69, 9.17) is 0 Å². The van der Waals surface area contributed by atoms with Crippen molar-refractivity contribution in [1.82, 2.24) is 25.5 Å². The van der Waals surface area contributed by atoms with Gasteiger partial charge in [-0.3, -0.25) is 0 Å². The maximum absolute atomic E-state index is 4.19. The van der Waals surface area contributed by atoms with Crippen molar-refractivity contribution in [3.8, 4) is 0 Å². The highest BCUT2D eigenvalue weighted by Crippen LogP contribution is 2.71. The van der Waals surface area contributed by atoms with E-state index >= 15 is 0 Å². The van der Waals surface area contributed by atoms with Crippen LogP contribution in [-0.4, -0.2) is 26.8 Å². The number of hydrogen-bond acceptors (Lipinski definition) is 4. The zero-order valence-electron chi connectivity index (χ0n) is 11.7. The van der Waals surface area contributed by atoms with Crippen LogP contribution in [0.15, 0.2) is 0 Å². The van der Waals surface area contributed by atoms with Gasteiger partial charge in [-0.1, -0.05) is 34.6 Å². The fourth-order valence-electron chi connectivity index (χ4n) is 2.84. The Balaban J connectivity index is 2.28. The van der Waals surface area contributed by atoms with Gasteiger partial charge in [0.2, 0.25) is 0 Å². The maximum atomic E-state index is 4.19. The van der Waals surface area contributed by atoms with E-state index in [0.717, 1.165) is 12.4 Å². The molecule has 0 aliphatic heterocycles. The van der Waals surface area contributed by atoms with Crippen molar-refractivity contribution in [1.29, 1.82) is 0 Å². The first-order valence-corrected chi connectivity index (χ1v) is 6.35. The summed E-state index contributed by atoms with van der Waals surface area (Å²) in [5.41, 5.74) is 0.506. The smallest absolute Gasteiger partial charge is 0.168 e. The Kier molecular flexibility index (Phi) is 2.77. The summed E-state index contributed by atoms with van der Waals surface area (Å²) >= 11 is 0. The van der Waals surface area contributed by atoms with E-state index in [1.54, 1.807) is 0 Å². The highest BCUT2D eigenvalue weighted by atomic mass is 15.6. The normalized spacial score (nSPS) is 23.6. The Bertz CT molecular complexity index is 393. The topological polar surface area (TPSA) is 55.6 Å². The molecule has 1 N–H and O–H groups in total. The Morgan fingerprint density at radius 2 is 1.88 bits per heavy atom. The molecule has 1 heterocycles. The first-order valence-electron chi connectivity index (χ1n) is 6.35. The third kappa shape index (κ3) is 1.68. The van der Waals surface area contributed by atoms with E-state index < -0.39 is 0 Å². The molecule has 0 aromatic carbocycles. The van der Waals surface area contributed by atoms with E-state index in [0.29, 0.717) is 6.04 Å². The van der Waals surface area contributed by atoms with Crippen LogP contribution >= 0.6 is 0 Å². The largest absolute Gasteiger partial charge is 0.308 e. The summed E-state index contributed by atoms with van der Waals surface area (Å²) < 4.78 is 2.01. The van der Waals surface area contributed by atoms with Crippen LogP contribution in [0.1, 0.15) is 59.5 Å². The van der Waals surface area contributed by atoms with Crippen LogP contribution in [0.25, 0.3) is 0 Å². The summed E-state index contributed by atoms with van der Waals surface area (Å²) in [5.74, 6) is 0.940. The molecule has 0 bridgehead atoms. The van der Waals surface area contributed by atoms with Gasteiger partial charge in [0.15, 0.2) is 5.82 Å². The molecule has 1 saturated carbocycles. The lowest BCUT2D eigenvalue weighted by molar-refractivity contribution is 0.449. The summed E-state index contributed by atoms with van der Waals surface area (Å²) in [6, 6.07) is 0.586. The Morgan fingerprint density at radius 1 is 1.29 bits per heavy atom. The Hall–Kier alpha value is -0.970. The quantitative estimate of drug-likeness (QED) is 0.869. The highest BCUT2D eigenvalue weighted by molar-refractivity contribution is 5.17. The number of aromatic nitrogens is 4. The summed E-state index contributed by atoms with van der Waals surface area (Å²) in [4.78, 5) is 0. The fraction of sp³-hybridized carbons (Fsp3) is 0.917. The fourth-order valence-corrected chi connectivity index (χ4v) is 2.84. The van der Waals surface area contributed by atoms with E-state index in [1.807, 2.05) is 4.68 Å². The molecule has 0 amide bonds. The van der Waals surface area contributed by atoms with Crippen molar-refractivity contribution >= 4 is 0 Å². The lowest BCUT2D eigenvalue weighted by Gasteiger charge is -2.13. The van der Waals surface area contributed by atoms with E-state index in [9.17, 15) is 0 Å². The third-order valence-corrected chi connectivity index (χ3v) is 4.60. The average molecular weight is 237 g/mol. The van der Waals surface area contributed by atoms with Crippen LogP contribution in [0.2, 0.25) is 0 Å². The molecule has 1 aliphatic carbocycles. The molecule has 0 saturated heterocycles. The minimum absolute atomic E-state index is 0.196. The van der Waals surface area contributed by atoms with Gasteiger partial charge in [-0.25, -0.2) is 4.68 Å². The molecular formula is C12H23N5. The van der Waals surface area contributed by atoms with Gasteiger partial charge >= 0.3 is 0 Å². The first-order chi connectivity index (χ1) is 7.84. The predicted molar refractivity (Wildman–Crippen MR) is 66.5 cm³/mol. The van der Waals surface area contributed by atoms with Gasteiger partial charge in [0.25, 0.3) is 0 Å². The third-order valence-electron chi connectivity index (χ3n) is 4.60. The van der Waals surface area contributed by atoms with Crippen LogP contribution in [0, 0.1) is 10.8 Å². The molecule has 1 fully saturated rings. The highest BCUT2D eigenvalue weighted by Gasteiger charge is 2.67. The molecule has 5 heteroatoms. The lowest BCUT2D eigenvalue weighted by atomic mass is 10.0. The molecule has 0 radical (unpaired) electrons. The Labute approximate surface area is 103 Å². The lowest BCUT2D eigenvalue weighted by Crippen LogP contribution is -2.22. The second-order valence-corrected chi connectivity index (χ2v) is 6.11. The van der Waals surface area contributed by atoms with Crippen LogP contribution in [0.5, 0.6) is 0 Å². The molecule has 1 aromatic heterocycles. The van der Waals surface area contributed by atoms with Crippen LogP contribution in [0.4, 0.5) is 0 Å². The molecule has 2 rings (SSSR count). The van der Waals surface area contributed by atoms with Gasteiger partial charge in [0.05, 0.1) is 12.1 Å². The second-order valence-electron chi connectivity index (χ2n) is 6.11. The summed E-state index contributed by atoms with van der Waals surface area (Å²) in [6.45, 7) is 14.2. The van der Waals surface area contributed by atoms with Gasteiger partial charge in [-0.15, -0.1) is 5.10 Å². The summed E-state index contributed by atoms with van der Waals surface area (Å²) in [6.07, 6.45) is 0. The van der Waals surface area contributed by atoms with Crippen LogP contribution in [-0.2, 0) is 0 Å². The molecule has 1 aliphatic rings. The standard InChI is InChI=1S/C12H23N5/c1-7-13-8(2)9-14-15-16-17(9)10-11(3,4)12(10,5)6/h8,10,13H,7H2,1-6H3. The van der Waals surface area contributed by atoms with Crippen molar-refractivity contribution in [3.63, 3.8) is 0 Å². The van der Waals surface area contributed by atoms with Crippen molar-refractivity contribution in [2.75, 3.05) is 6.54 Å². The molecule has 96 valence electrons. The van der Waals surface area contributed by atoms with Crippen molar-refractivity contribution in [2.24, 2.45) is 10.8 Å². The van der Waals surface area contributed by atoms with Gasteiger partial charge in [0, 0.05) is 0 Å². The number of nitrogens with zero attached hydrogens (tertiary/aromatic N) is 4. The number of hydrogen-bond donors (Lipinski definition) is 1. The molecular weight excluding hydrogens is 214 g/mol. The van der Waals surface area contributed by atoms with Gasteiger partial charge < -0.3 is 5.32 Å². The molecule has 1 atom stereocenters. The van der Waals surface area contributed by atoms with Gasteiger partial charge in [-0.2, -0.15) is 0 Å². The zero-order valence-corrected chi connectivity index (χ0v) is 11.7. The Morgan fingerprint density at radius 3 is 2.35 bits per heavy atom. The zero-order chi connectivity index (χ0) is 12.8. The molecule has 0 spiro atoms. The molecule has 1 unspecified atom stereocenters. The predicted octanol–water partition coefficient (Wildman–Crippen LogP) is 1.95. The average Bonchev–Trinajstić information content (AvgIpc) is 2.58. The monoisotopic (exact) mass is 237 g/mol. The van der Waals surface area contributed by atoms with Crippen molar-refractivity contribution in [3.05, 3.63) is 5.82 Å². The first kappa shape index (κ1) is 12.5. The van der Waals surface area contributed by atoms with Crippen LogP contribution in [0.3, 0.4) is 0 Å². The summed E-state index contributed by atoms with van der Waals surface area (Å²) in [5, 5.41) is 15.6. The van der Waals surface area contributed by atoms with Crippen molar-refractivity contribution in [2.45, 2.75) is 53.6 Å². The van der Waals surface area contributed by atoms with Gasteiger partial charge in [-0.05, 0) is 34.7 Å². The van der Waals surface area contributed by atoms with E-state index in [1.165, 1.54) is 0 Å². The number of nitrogens with one attached hydrogen (secondary N) is 1. The minimum Gasteiger partial charge on any atom is -0.308 e. The van der Waals surface area contributed by atoms with E-state index in [-0.39, 0.29) is 16.9 Å².